The molecular formula is C13H13F2NO. The maximum atomic E-state index is 13.5. The van der Waals surface area contributed by atoms with Gasteiger partial charge in [-0.15, -0.1) is 0 Å². The van der Waals surface area contributed by atoms with E-state index in [0.717, 1.165) is 11.6 Å². The number of furan rings is 1. The van der Waals surface area contributed by atoms with E-state index in [4.69, 9.17) is 4.42 Å². The van der Waals surface area contributed by atoms with Crippen LogP contribution in [0, 0.1) is 18.6 Å². The summed E-state index contributed by atoms with van der Waals surface area (Å²) in [5.74, 6) is -1.08. The van der Waals surface area contributed by atoms with E-state index in [0.29, 0.717) is 23.7 Å². The summed E-state index contributed by atoms with van der Waals surface area (Å²) in [5, 5.41) is 3.95. The number of nitrogens with one attached hydrogen (secondary N) is 1. The lowest BCUT2D eigenvalue weighted by atomic mass is 10.1. The monoisotopic (exact) mass is 237 g/mol. The fraction of sp³-hybridized carbons (Fsp3) is 0.385. The molecule has 0 radical (unpaired) electrons. The smallest absolute Gasteiger partial charge is 0.201 e. The number of hydrogen-bond acceptors (Lipinski definition) is 2. The summed E-state index contributed by atoms with van der Waals surface area (Å²) in [6, 6.07) is 3.26. The van der Waals surface area contributed by atoms with Gasteiger partial charge in [0.2, 0.25) is 5.82 Å². The highest BCUT2D eigenvalue weighted by Crippen LogP contribution is 2.29. The van der Waals surface area contributed by atoms with Crippen molar-refractivity contribution in [3.8, 4) is 0 Å². The van der Waals surface area contributed by atoms with Crippen molar-refractivity contribution in [3.63, 3.8) is 0 Å². The van der Waals surface area contributed by atoms with E-state index in [1.54, 1.807) is 6.07 Å². The van der Waals surface area contributed by atoms with Gasteiger partial charge in [-0.25, -0.2) is 4.39 Å². The van der Waals surface area contributed by atoms with Crippen LogP contribution in [0.15, 0.2) is 16.5 Å². The van der Waals surface area contributed by atoms with E-state index >= 15 is 0 Å². The Bertz CT molecular complexity index is 572. The van der Waals surface area contributed by atoms with Crippen LogP contribution in [0.4, 0.5) is 8.78 Å². The van der Waals surface area contributed by atoms with E-state index in [1.807, 2.05) is 6.92 Å². The topological polar surface area (TPSA) is 25.2 Å². The van der Waals surface area contributed by atoms with E-state index in [9.17, 15) is 8.78 Å². The number of halogens is 2. The Morgan fingerprint density at radius 1 is 1.35 bits per heavy atom. The average molecular weight is 237 g/mol. The summed E-state index contributed by atoms with van der Waals surface area (Å²) in [7, 11) is 0. The van der Waals surface area contributed by atoms with Crippen LogP contribution in [0.25, 0.3) is 11.0 Å². The molecule has 1 heterocycles. The Morgan fingerprint density at radius 3 is 2.82 bits per heavy atom. The lowest BCUT2D eigenvalue weighted by molar-refractivity contribution is 0.467. The van der Waals surface area contributed by atoms with Gasteiger partial charge in [0, 0.05) is 11.4 Å². The molecule has 90 valence electrons. The van der Waals surface area contributed by atoms with Gasteiger partial charge in [-0.3, -0.25) is 0 Å². The zero-order valence-corrected chi connectivity index (χ0v) is 9.52. The Labute approximate surface area is 97.6 Å². The molecule has 2 nitrogen and oxygen atoms in total. The van der Waals surface area contributed by atoms with Crippen molar-refractivity contribution in [1.29, 1.82) is 0 Å². The number of rotatable bonds is 3. The van der Waals surface area contributed by atoms with E-state index < -0.39 is 11.6 Å². The van der Waals surface area contributed by atoms with Gasteiger partial charge in [0.15, 0.2) is 11.4 Å². The fourth-order valence-electron chi connectivity index (χ4n) is 1.97. The van der Waals surface area contributed by atoms with Crippen molar-refractivity contribution >= 4 is 11.0 Å². The van der Waals surface area contributed by atoms with Crippen molar-refractivity contribution in [2.75, 3.05) is 0 Å². The predicted molar refractivity (Wildman–Crippen MR) is 60.7 cm³/mol. The van der Waals surface area contributed by atoms with Crippen LogP contribution in [-0.4, -0.2) is 6.04 Å². The van der Waals surface area contributed by atoms with Crippen molar-refractivity contribution in [3.05, 3.63) is 35.1 Å². The van der Waals surface area contributed by atoms with Gasteiger partial charge < -0.3 is 9.73 Å². The van der Waals surface area contributed by atoms with Gasteiger partial charge >= 0.3 is 0 Å². The molecule has 1 saturated carbocycles. The molecule has 4 heteroatoms. The van der Waals surface area contributed by atoms with Crippen LogP contribution in [0.3, 0.4) is 0 Å². The highest BCUT2D eigenvalue weighted by molar-refractivity contribution is 5.82. The summed E-state index contributed by atoms with van der Waals surface area (Å²) in [4.78, 5) is 0. The fourth-order valence-corrected chi connectivity index (χ4v) is 1.97. The molecule has 3 rings (SSSR count). The third kappa shape index (κ3) is 1.82. The highest BCUT2D eigenvalue weighted by Gasteiger charge is 2.22. The number of benzene rings is 1. The van der Waals surface area contributed by atoms with E-state index in [2.05, 4.69) is 5.32 Å². The molecule has 0 atom stereocenters. The van der Waals surface area contributed by atoms with Crippen LogP contribution in [-0.2, 0) is 6.54 Å². The first-order chi connectivity index (χ1) is 8.16. The molecule has 1 aromatic carbocycles. The van der Waals surface area contributed by atoms with E-state index in [-0.39, 0.29) is 5.58 Å². The highest BCUT2D eigenvalue weighted by atomic mass is 19.2. The first-order valence-corrected chi connectivity index (χ1v) is 5.76. The lowest BCUT2D eigenvalue weighted by Crippen LogP contribution is -2.15. The first-order valence-electron chi connectivity index (χ1n) is 5.76. The van der Waals surface area contributed by atoms with Crippen molar-refractivity contribution in [2.24, 2.45) is 0 Å². The Morgan fingerprint density at radius 2 is 2.12 bits per heavy atom. The van der Waals surface area contributed by atoms with Crippen LogP contribution in [0.2, 0.25) is 0 Å². The van der Waals surface area contributed by atoms with Gasteiger partial charge in [-0.2, -0.15) is 4.39 Å². The lowest BCUT2D eigenvalue weighted by Gasteiger charge is -1.99. The molecule has 1 aromatic heterocycles. The zero-order valence-electron chi connectivity index (χ0n) is 9.52. The van der Waals surface area contributed by atoms with Crippen LogP contribution >= 0.6 is 0 Å². The minimum Gasteiger partial charge on any atom is -0.456 e. The van der Waals surface area contributed by atoms with Gasteiger partial charge in [0.1, 0.15) is 5.76 Å². The molecule has 1 aliphatic carbocycles. The van der Waals surface area contributed by atoms with Gasteiger partial charge in [0.25, 0.3) is 0 Å². The van der Waals surface area contributed by atoms with Crippen molar-refractivity contribution < 1.29 is 13.2 Å². The summed E-state index contributed by atoms with van der Waals surface area (Å²) in [6.07, 6.45) is 2.37. The summed E-state index contributed by atoms with van der Waals surface area (Å²) < 4.78 is 32.0. The molecule has 0 bridgehead atoms. The zero-order chi connectivity index (χ0) is 12.0. The minimum absolute atomic E-state index is 0.0232. The molecule has 1 aliphatic rings. The standard InChI is InChI=1S/C13H13F2NO/c1-7-9-4-5-10(14)12(15)13(9)17-11(7)6-16-8-2-3-8/h4-5,8,16H,2-3,6H2,1H3. The van der Waals surface area contributed by atoms with E-state index in [1.165, 1.54) is 12.8 Å². The van der Waals surface area contributed by atoms with Crippen molar-refractivity contribution in [1.82, 2.24) is 5.32 Å². The normalized spacial score (nSPS) is 15.7. The second kappa shape index (κ2) is 3.81. The molecule has 0 unspecified atom stereocenters. The third-order valence-electron chi connectivity index (χ3n) is 3.23. The number of aryl methyl sites for hydroxylation is 1. The third-order valence-corrected chi connectivity index (χ3v) is 3.23. The quantitative estimate of drug-likeness (QED) is 0.886. The second-order valence-electron chi connectivity index (χ2n) is 4.54. The molecule has 0 spiro atoms. The van der Waals surface area contributed by atoms with Crippen LogP contribution in [0.1, 0.15) is 24.2 Å². The molecule has 1 fully saturated rings. The Hall–Kier alpha value is -1.42. The van der Waals surface area contributed by atoms with Gasteiger partial charge in [-0.05, 0) is 37.5 Å². The summed E-state index contributed by atoms with van der Waals surface area (Å²) in [5.41, 5.74) is 0.905. The first kappa shape index (κ1) is 10.7. The summed E-state index contributed by atoms with van der Waals surface area (Å²) >= 11 is 0. The Balaban J connectivity index is 2.01. The molecule has 0 aliphatic heterocycles. The summed E-state index contributed by atoms with van der Waals surface area (Å²) in [6.45, 7) is 2.44. The molecule has 0 saturated heterocycles. The maximum absolute atomic E-state index is 13.5. The molecule has 17 heavy (non-hydrogen) atoms. The average Bonchev–Trinajstić information content (AvgIpc) is 3.08. The van der Waals surface area contributed by atoms with Crippen LogP contribution in [0.5, 0.6) is 0 Å². The number of hydrogen-bond donors (Lipinski definition) is 1. The molecule has 2 aromatic rings. The molecule has 1 N–H and O–H groups in total. The number of fused-ring (bicyclic) bond motifs is 1. The molecule has 0 amide bonds. The SMILES string of the molecule is Cc1c(CNC2CC2)oc2c(F)c(F)ccc12. The molecular weight excluding hydrogens is 224 g/mol. The van der Waals surface area contributed by atoms with Gasteiger partial charge in [0.05, 0.1) is 6.54 Å². The van der Waals surface area contributed by atoms with Crippen LogP contribution < -0.4 is 5.32 Å². The van der Waals surface area contributed by atoms with Crippen molar-refractivity contribution in [2.45, 2.75) is 32.4 Å². The largest absolute Gasteiger partial charge is 0.456 e. The predicted octanol–water partition coefficient (Wildman–Crippen LogP) is 3.27. The minimum atomic E-state index is -0.900. The second-order valence-corrected chi connectivity index (χ2v) is 4.54. The van der Waals surface area contributed by atoms with Gasteiger partial charge in [-0.1, -0.05) is 0 Å². The maximum Gasteiger partial charge on any atom is 0.201 e. The Kier molecular flexibility index (Phi) is 2.40.